The van der Waals surface area contributed by atoms with Crippen molar-refractivity contribution in [2.45, 2.75) is 38.4 Å². The van der Waals surface area contributed by atoms with Crippen LogP contribution in [0.25, 0.3) is 22.3 Å². The maximum absolute atomic E-state index is 11.7. The van der Waals surface area contributed by atoms with Crippen molar-refractivity contribution in [3.05, 3.63) is 108 Å². The van der Waals surface area contributed by atoms with Gasteiger partial charge in [0.15, 0.2) is 0 Å². The first-order valence-corrected chi connectivity index (χ1v) is 11.3. The Morgan fingerprint density at radius 3 is 2.24 bits per heavy atom. The van der Waals surface area contributed by atoms with Crippen molar-refractivity contribution in [1.29, 1.82) is 0 Å². The van der Waals surface area contributed by atoms with E-state index in [9.17, 15) is 9.90 Å². The van der Waals surface area contributed by atoms with Crippen LogP contribution >= 0.6 is 0 Å². The van der Waals surface area contributed by atoms with Crippen LogP contribution in [0, 0.1) is 0 Å². The number of hydrogen-bond acceptors (Lipinski definition) is 3. The van der Waals surface area contributed by atoms with Gasteiger partial charge in [-0.25, -0.2) is 0 Å². The predicted molar refractivity (Wildman–Crippen MR) is 135 cm³/mol. The SMILES string of the molecule is C=C(O)C1=CCC(NC(C)=O)C(NCc2ccc(-c3ccccc3)cc2-c2ccccc2)C1. The third-order valence-electron chi connectivity index (χ3n) is 6.16. The number of allylic oxidation sites excluding steroid dienone is 1. The quantitative estimate of drug-likeness (QED) is 0.410. The highest BCUT2D eigenvalue weighted by atomic mass is 16.3. The average molecular weight is 439 g/mol. The highest BCUT2D eigenvalue weighted by Gasteiger charge is 2.27. The van der Waals surface area contributed by atoms with Crippen molar-refractivity contribution >= 4 is 5.91 Å². The first kappa shape index (κ1) is 22.6. The summed E-state index contributed by atoms with van der Waals surface area (Å²) in [5.74, 6) is 0.0453. The molecule has 2 unspecified atom stereocenters. The molecule has 0 aliphatic heterocycles. The van der Waals surface area contributed by atoms with Gasteiger partial charge in [-0.05, 0) is 52.3 Å². The fraction of sp³-hybridized carbons (Fsp3) is 0.207. The summed E-state index contributed by atoms with van der Waals surface area (Å²) in [4.78, 5) is 11.7. The first-order valence-electron chi connectivity index (χ1n) is 11.3. The number of hydrogen-bond donors (Lipinski definition) is 3. The van der Waals surface area contributed by atoms with Gasteiger partial charge in [0.25, 0.3) is 0 Å². The van der Waals surface area contributed by atoms with Gasteiger partial charge in [-0.15, -0.1) is 0 Å². The van der Waals surface area contributed by atoms with Gasteiger partial charge in [0, 0.05) is 25.6 Å². The van der Waals surface area contributed by atoms with Crippen LogP contribution in [-0.4, -0.2) is 23.1 Å². The van der Waals surface area contributed by atoms with Gasteiger partial charge in [0.2, 0.25) is 5.91 Å². The standard InChI is InChI=1S/C29H30N2O2/c1-20(32)24-15-16-28(31-21(2)33)29(18-24)30-19-26-14-13-25(22-9-5-3-6-10-22)17-27(26)23-11-7-4-8-12-23/h3-15,17,28-30,32H,1,16,18-19H2,2H3,(H,31,33). The lowest BCUT2D eigenvalue weighted by atomic mass is 9.88. The molecule has 2 atom stereocenters. The van der Waals surface area contributed by atoms with Crippen molar-refractivity contribution < 1.29 is 9.90 Å². The van der Waals surface area contributed by atoms with Gasteiger partial charge in [0.1, 0.15) is 5.76 Å². The van der Waals surface area contributed by atoms with Crippen molar-refractivity contribution in [1.82, 2.24) is 10.6 Å². The molecule has 4 rings (SSSR count). The molecule has 1 aliphatic rings. The summed E-state index contributed by atoms with van der Waals surface area (Å²) in [7, 11) is 0. The van der Waals surface area contributed by atoms with Gasteiger partial charge < -0.3 is 15.7 Å². The zero-order chi connectivity index (χ0) is 23.2. The Morgan fingerprint density at radius 2 is 1.61 bits per heavy atom. The minimum atomic E-state index is -0.0522. The highest BCUT2D eigenvalue weighted by molar-refractivity contribution is 5.75. The molecule has 1 aliphatic carbocycles. The normalized spacial score (nSPS) is 17.8. The summed E-state index contributed by atoms with van der Waals surface area (Å²) >= 11 is 0. The van der Waals surface area contributed by atoms with Crippen LogP contribution in [0.5, 0.6) is 0 Å². The Balaban J connectivity index is 1.62. The molecule has 3 aromatic rings. The lowest BCUT2D eigenvalue weighted by Gasteiger charge is -2.32. The number of aliphatic hydroxyl groups excluding tert-OH is 1. The fourth-order valence-corrected chi connectivity index (χ4v) is 4.43. The Hall–Kier alpha value is -3.63. The minimum Gasteiger partial charge on any atom is -0.508 e. The van der Waals surface area contributed by atoms with E-state index in [0.717, 1.165) is 5.57 Å². The van der Waals surface area contributed by atoms with Crippen LogP contribution in [0.2, 0.25) is 0 Å². The molecule has 0 heterocycles. The van der Waals surface area contributed by atoms with Crippen LogP contribution < -0.4 is 10.6 Å². The number of carbonyl (C=O) groups is 1. The third-order valence-corrected chi connectivity index (χ3v) is 6.16. The third kappa shape index (κ3) is 5.60. The van der Waals surface area contributed by atoms with E-state index in [-0.39, 0.29) is 23.8 Å². The second-order valence-electron chi connectivity index (χ2n) is 8.51. The number of aliphatic hydroxyl groups is 1. The number of nitrogens with one attached hydrogen (secondary N) is 2. The molecular weight excluding hydrogens is 408 g/mol. The van der Waals surface area contributed by atoms with E-state index < -0.39 is 0 Å². The molecule has 4 heteroatoms. The monoisotopic (exact) mass is 438 g/mol. The summed E-state index contributed by atoms with van der Waals surface area (Å²) in [5, 5.41) is 16.6. The smallest absolute Gasteiger partial charge is 0.217 e. The molecule has 0 saturated heterocycles. The summed E-state index contributed by atoms with van der Waals surface area (Å²) in [6.07, 6.45) is 3.23. The molecule has 0 radical (unpaired) electrons. The Kier molecular flexibility index (Phi) is 7.06. The van der Waals surface area contributed by atoms with Gasteiger partial charge in [-0.1, -0.05) is 85.5 Å². The molecule has 0 spiro atoms. The predicted octanol–water partition coefficient (Wildman–Crippen LogP) is 5.78. The van der Waals surface area contributed by atoms with Crippen LogP contribution in [0.4, 0.5) is 0 Å². The number of amides is 1. The maximum Gasteiger partial charge on any atom is 0.217 e. The first-order chi connectivity index (χ1) is 16.0. The molecule has 0 aromatic heterocycles. The van der Waals surface area contributed by atoms with E-state index in [1.165, 1.54) is 34.7 Å². The topological polar surface area (TPSA) is 61.4 Å². The van der Waals surface area contributed by atoms with Crippen LogP contribution in [0.1, 0.15) is 25.3 Å². The highest BCUT2D eigenvalue weighted by Crippen LogP contribution is 2.30. The molecule has 33 heavy (non-hydrogen) atoms. The van der Waals surface area contributed by atoms with E-state index in [4.69, 9.17) is 0 Å². The Labute approximate surface area is 195 Å². The number of rotatable bonds is 7. The summed E-state index contributed by atoms with van der Waals surface area (Å²) < 4.78 is 0. The lowest BCUT2D eigenvalue weighted by molar-refractivity contribution is -0.119. The molecule has 0 bridgehead atoms. The average Bonchev–Trinajstić information content (AvgIpc) is 2.84. The number of benzene rings is 3. The molecule has 3 aromatic carbocycles. The van der Waals surface area contributed by atoms with E-state index in [2.05, 4.69) is 83.9 Å². The van der Waals surface area contributed by atoms with Gasteiger partial charge >= 0.3 is 0 Å². The largest absolute Gasteiger partial charge is 0.508 e. The van der Waals surface area contributed by atoms with Crippen molar-refractivity contribution in [3.8, 4) is 22.3 Å². The van der Waals surface area contributed by atoms with Crippen molar-refractivity contribution in [3.63, 3.8) is 0 Å². The Bertz CT molecular complexity index is 1150. The number of carbonyl (C=O) groups excluding carboxylic acids is 1. The lowest BCUT2D eigenvalue weighted by Crippen LogP contribution is -2.50. The second kappa shape index (κ2) is 10.3. The summed E-state index contributed by atoms with van der Waals surface area (Å²) in [6.45, 7) is 5.86. The van der Waals surface area contributed by atoms with Gasteiger partial charge in [-0.2, -0.15) is 0 Å². The van der Waals surface area contributed by atoms with Gasteiger partial charge in [-0.3, -0.25) is 4.79 Å². The maximum atomic E-state index is 11.7. The molecule has 1 amide bonds. The zero-order valence-corrected chi connectivity index (χ0v) is 18.9. The van der Waals surface area contributed by atoms with E-state index in [1.54, 1.807) is 0 Å². The van der Waals surface area contributed by atoms with Crippen LogP contribution in [0.15, 0.2) is 103 Å². The van der Waals surface area contributed by atoms with E-state index >= 15 is 0 Å². The van der Waals surface area contributed by atoms with Crippen molar-refractivity contribution in [2.24, 2.45) is 0 Å². The van der Waals surface area contributed by atoms with E-state index in [1.807, 2.05) is 18.2 Å². The molecule has 3 N–H and O–H groups in total. The molecule has 0 saturated carbocycles. The molecule has 0 fully saturated rings. The van der Waals surface area contributed by atoms with Crippen LogP contribution in [0.3, 0.4) is 0 Å². The summed E-state index contributed by atoms with van der Waals surface area (Å²) in [6, 6.07) is 27.3. The van der Waals surface area contributed by atoms with Crippen LogP contribution in [-0.2, 0) is 11.3 Å². The van der Waals surface area contributed by atoms with E-state index in [0.29, 0.717) is 19.4 Å². The van der Waals surface area contributed by atoms with Crippen molar-refractivity contribution in [2.75, 3.05) is 0 Å². The zero-order valence-electron chi connectivity index (χ0n) is 18.9. The van der Waals surface area contributed by atoms with Gasteiger partial charge in [0.05, 0.1) is 0 Å². The second-order valence-corrected chi connectivity index (χ2v) is 8.51. The Morgan fingerprint density at radius 1 is 0.939 bits per heavy atom. The summed E-state index contributed by atoms with van der Waals surface area (Å²) in [5.41, 5.74) is 6.72. The molecule has 168 valence electrons. The minimum absolute atomic E-state index is 0.00442. The fourth-order valence-electron chi connectivity index (χ4n) is 4.43. The molecular formula is C29H30N2O2. The molecule has 4 nitrogen and oxygen atoms in total.